The zero-order valence-corrected chi connectivity index (χ0v) is 14.3. The smallest absolute Gasteiger partial charge is 0.253 e. The minimum absolute atomic E-state index is 0.0891. The van der Waals surface area contributed by atoms with E-state index in [9.17, 15) is 4.79 Å². The Kier molecular flexibility index (Phi) is 4.18. The molecule has 1 aromatic carbocycles. The maximum Gasteiger partial charge on any atom is 0.253 e. The predicted molar refractivity (Wildman–Crippen MR) is 97.9 cm³/mol. The van der Waals surface area contributed by atoms with Crippen molar-refractivity contribution in [2.45, 2.75) is 20.0 Å². The Bertz CT molecular complexity index is 1030. The highest BCUT2D eigenvalue weighted by atomic mass is 16.1. The van der Waals surface area contributed by atoms with Gasteiger partial charge < -0.3 is 9.88 Å². The second-order valence-electron chi connectivity index (χ2n) is 5.89. The summed E-state index contributed by atoms with van der Waals surface area (Å²) in [5, 5.41) is 7.98. The topological polar surface area (TPSA) is 77.6 Å². The van der Waals surface area contributed by atoms with Gasteiger partial charge in [-0.3, -0.25) is 4.79 Å². The van der Waals surface area contributed by atoms with Crippen LogP contribution in [0.4, 0.5) is 0 Å². The largest absolute Gasteiger partial charge is 0.348 e. The van der Waals surface area contributed by atoms with E-state index < -0.39 is 0 Å². The molecule has 26 heavy (non-hydrogen) atoms. The Morgan fingerprint density at radius 3 is 2.81 bits per heavy atom. The number of hydrogen-bond donors (Lipinski definition) is 1. The number of para-hydroxylation sites is 1. The minimum Gasteiger partial charge on any atom is -0.348 e. The first-order valence-corrected chi connectivity index (χ1v) is 8.42. The van der Waals surface area contributed by atoms with Crippen LogP contribution in [0.1, 0.15) is 22.8 Å². The Labute approximate surface area is 150 Å². The third-order valence-corrected chi connectivity index (χ3v) is 4.29. The molecule has 0 fully saturated rings. The van der Waals surface area contributed by atoms with Crippen molar-refractivity contribution in [2.24, 2.45) is 0 Å². The summed E-state index contributed by atoms with van der Waals surface area (Å²) in [7, 11) is 0. The zero-order chi connectivity index (χ0) is 17.9. The fourth-order valence-electron chi connectivity index (χ4n) is 2.95. The molecule has 0 unspecified atom stereocenters. The first-order valence-electron chi connectivity index (χ1n) is 8.42. The van der Waals surface area contributed by atoms with Crippen LogP contribution in [0.2, 0.25) is 0 Å². The van der Waals surface area contributed by atoms with Gasteiger partial charge in [-0.25, -0.2) is 14.6 Å². The molecule has 7 heteroatoms. The molecule has 0 bridgehead atoms. The number of nitrogens with zero attached hydrogens (tertiary/aromatic N) is 5. The second-order valence-corrected chi connectivity index (χ2v) is 5.89. The Morgan fingerprint density at radius 2 is 2.08 bits per heavy atom. The van der Waals surface area contributed by atoms with Gasteiger partial charge in [0.25, 0.3) is 5.91 Å². The highest BCUT2D eigenvalue weighted by Crippen LogP contribution is 2.21. The van der Waals surface area contributed by atoms with Crippen molar-refractivity contribution in [3.63, 3.8) is 0 Å². The number of hydrogen-bond acceptors (Lipinski definition) is 4. The van der Waals surface area contributed by atoms with Gasteiger partial charge in [0, 0.05) is 36.4 Å². The van der Waals surface area contributed by atoms with Gasteiger partial charge in [-0.1, -0.05) is 24.3 Å². The third-order valence-electron chi connectivity index (χ3n) is 4.29. The molecule has 0 aliphatic carbocycles. The molecule has 0 radical (unpaired) electrons. The number of rotatable bonds is 5. The lowest BCUT2D eigenvalue weighted by atomic mass is 10.1. The number of carbonyl (C=O) groups is 1. The summed E-state index contributed by atoms with van der Waals surface area (Å²) in [5.74, 6) is 0.595. The normalized spacial score (nSPS) is 11.0. The average Bonchev–Trinajstić information content (AvgIpc) is 3.34. The lowest BCUT2D eigenvalue weighted by molar-refractivity contribution is 0.0952. The van der Waals surface area contributed by atoms with Crippen LogP contribution < -0.4 is 5.32 Å². The standard InChI is InChI=1S/C19H18N6O/c1-2-24-11-16(15-5-3-4-6-17(15)24)19(26)22-10-14-7-8-18(21-9-14)25-13-20-12-23-25/h3-9,11-13H,2,10H2,1H3,(H,22,26). The van der Waals surface area contributed by atoms with Crippen molar-refractivity contribution in [1.29, 1.82) is 0 Å². The van der Waals surface area contributed by atoms with Crippen LogP contribution in [0.3, 0.4) is 0 Å². The van der Waals surface area contributed by atoms with Crippen LogP contribution in [-0.2, 0) is 13.1 Å². The molecule has 0 atom stereocenters. The monoisotopic (exact) mass is 346 g/mol. The number of carbonyl (C=O) groups excluding carboxylic acids is 1. The summed E-state index contributed by atoms with van der Waals surface area (Å²) in [4.78, 5) is 20.9. The van der Waals surface area contributed by atoms with Gasteiger partial charge in [-0.05, 0) is 24.6 Å². The van der Waals surface area contributed by atoms with E-state index in [-0.39, 0.29) is 5.91 Å². The van der Waals surface area contributed by atoms with Crippen LogP contribution in [0.15, 0.2) is 61.4 Å². The van der Waals surface area contributed by atoms with E-state index in [0.717, 1.165) is 23.0 Å². The summed E-state index contributed by atoms with van der Waals surface area (Å²) in [5.41, 5.74) is 2.68. The zero-order valence-electron chi connectivity index (χ0n) is 14.3. The van der Waals surface area contributed by atoms with Gasteiger partial charge in [-0.2, -0.15) is 5.10 Å². The lowest BCUT2D eigenvalue weighted by Crippen LogP contribution is -2.22. The van der Waals surface area contributed by atoms with E-state index in [1.165, 1.54) is 6.33 Å². The van der Waals surface area contributed by atoms with E-state index in [2.05, 4.69) is 31.9 Å². The Balaban J connectivity index is 1.49. The Morgan fingerprint density at radius 1 is 1.19 bits per heavy atom. The van der Waals surface area contributed by atoms with Gasteiger partial charge in [0.15, 0.2) is 5.82 Å². The molecular weight excluding hydrogens is 328 g/mol. The molecule has 0 aliphatic rings. The van der Waals surface area contributed by atoms with Gasteiger partial charge in [-0.15, -0.1) is 0 Å². The summed E-state index contributed by atoms with van der Waals surface area (Å²) >= 11 is 0. The quantitative estimate of drug-likeness (QED) is 0.602. The fraction of sp³-hybridized carbons (Fsp3) is 0.158. The number of fused-ring (bicyclic) bond motifs is 1. The summed E-state index contributed by atoms with van der Waals surface area (Å²) < 4.78 is 3.67. The second kappa shape index (κ2) is 6.79. The molecule has 1 amide bonds. The van der Waals surface area contributed by atoms with Crippen LogP contribution in [-0.4, -0.2) is 30.2 Å². The van der Waals surface area contributed by atoms with Gasteiger partial charge in [0.1, 0.15) is 12.7 Å². The maximum atomic E-state index is 12.6. The van der Waals surface area contributed by atoms with Crippen molar-refractivity contribution in [3.8, 4) is 5.82 Å². The van der Waals surface area contributed by atoms with Gasteiger partial charge in [0.2, 0.25) is 0 Å². The molecule has 3 heterocycles. The summed E-state index contributed by atoms with van der Waals surface area (Å²) in [6.45, 7) is 3.30. The molecular formula is C19H18N6O. The number of pyridine rings is 1. The fourth-order valence-corrected chi connectivity index (χ4v) is 2.95. The number of aryl methyl sites for hydroxylation is 1. The van der Waals surface area contributed by atoms with Crippen LogP contribution in [0.5, 0.6) is 0 Å². The van der Waals surface area contributed by atoms with Crippen molar-refractivity contribution < 1.29 is 4.79 Å². The molecule has 130 valence electrons. The highest BCUT2D eigenvalue weighted by Gasteiger charge is 2.14. The molecule has 0 spiro atoms. The van der Waals surface area contributed by atoms with Gasteiger partial charge >= 0.3 is 0 Å². The first kappa shape index (κ1) is 16.0. The molecule has 0 saturated heterocycles. The van der Waals surface area contributed by atoms with Crippen LogP contribution in [0, 0.1) is 0 Å². The van der Waals surface area contributed by atoms with E-state index >= 15 is 0 Å². The SMILES string of the molecule is CCn1cc(C(=O)NCc2ccc(-n3cncn3)nc2)c2ccccc21. The first-order chi connectivity index (χ1) is 12.8. The molecule has 1 N–H and O–H groups in total. The molecule has 4 aromatic rings. The molecule has 4 rings (SSSR count). The van der Waals surface area contributed by atoms with Crippen LogP contribution >= 0.6 is 0 Å². The number of aromatic nitrogens is 5. The molecule has 3 aromatic heterocycles. The van der Waals surface area contributed by atoms with E-state index in [4.69, 9.17) is 0 Å². The molecule has 0 saturated carbocycles. The van der Waals surface area contributed by atoms with Crippen molar-refractivity contribution in [1.82, 2.24) is 29.6 Å². The molecule has 7 nitrogen and oxygen atoms in total. The van der Waals surface area contributed by atoms with Crippen LogP contribution in [0.25, 0.3) is 16.7 Å². The van der Waals surface area contributed by atoms with Gasteiger partial charge in [0.05, 0.1) is 5.56 Å². The maximum absolute atomic E-state index is 12.6. The van der Waals surface area contributed by atoms with Crippen molar-refractivity contribution in [3.05, 3.63) is 72.6 Å². The number of nitrogens with one attached hydrogen (secondary N) is 1. The average molecular weight is 346 g/mol. The number of amides is 1. The summed E-state index contributed by atoms with van der Waals surface area (Å²) in [6.07, 6.45) is 6.69. The van der Waals surface area contributed by atoms with Crippen molar-refractivity contribution >= 4 is 16.8 Å². The summed E-state index contributed by atoms with van der Waals surface area (Å²) in [6, 6.07) is 11.7. The minimum atomic E-state index is -0.0891. The van der Waals surface area contributed by atoms with E-state index in [1.54, 1.807) is 17.2 Å². The predicted octanol–water partition coefficient (Wildman–Crippen LogP) is 2.57. The molecule has 0 aliphatic heterocycles. The number of benzene rings is 1. The highest BCUT2D eigenvalue weighted by molar-refractivity contribution is 6.06. The lowest BCUT2D eigenvalue weighted by Gasteiger charge is -2.05. The third kappa shape index (κ3) is 2.95. The van der Waals surface area contributed by atoms with E-state index in [1.807, 2.05) is 42.6 Å². The Hall–Kier alpha value is -3.48. The van der Waals surface area contributed by atoms with E-state index in [0.29, 0.717) is 17.9 Å². The van der Waals surface area contributed by atoms with Crippen molar-refractivity contribution in [2.75, 3.05) is 0 Å².